The van der Waals surface area contributed by atoms with E-state index in [1.54, 1.807) is 16.2 Å². The van der Waals surface area contributed by atoms with Crippen molar-refractivity contribution in [1.29, 1.82) is 0 Å². The summed E-state index contributed by atoms with van der Waals surface area (Å²) in [5.41, 5.74) is 3.48. The van der Waals surface area contributed by atoms with E-state index in [0.29, 0.717) is 0 Å². The number of piperazine rings is 1. The van der Waals surface area contributed by atoms with Crippen LogP contribution in [0.3, 0.4) is 0 Å². The van der Waals surface area contributed by atoms with E-state index in [-0.39, 0.29) is 5.82 Å². The minimum Gasteiger partial charge on any atom is -0.360 e. The molecular formula is C20H21FN3S+. The fourth-order valence-electron chi connectivity index (χ4n) is 3.27. The monoisotopic (exact) mass is 354 g/mol. The fraction of sp³-hybridized carbons (Fsp3) is 0.250. The summed E-state index contributed by atoms with van der Waals surface area (Å²) in [5, 5.41) is 3.28. The molecule has 5 heteroatoms. The summed E-state index contributed by atoms with van der Waals surface area (Å²) in [7, 11) is 0. The number of quaternary nitrogens is 1. The fourth-order valence-corrected chi connectivity index (χ4v) is 4.09. The molecule has 25 heavy (non-hydrogen) atoms. The Labute approximate surface area is 151 Å². The Morgan fingerprint density at radius 3 is 2.44 bits per heavy atom. The third kappa shape index (κ3) is 3.89. The van der Waals surface area contributed by atoms with E-state index in [1.165, 1.54) is 23.4 Å². The molecule has 0 aliphatic carbocycles. The van der Waals surface area contributed by atoms with Gasteiger partial charge in [-0.05, 0) is 24.3 Å². The number of hydrogen-bond acceptors (Lipinski definition) is 3. The summed E-state index contributed by atoms with van der Waals surface area (Å²) < 4.78 is 13.1. The Morgan fingerprint density at radius 2 is 1.72 bits per heavy atom. The van der Waals surface area contributed by atoms with Gasteiger partial charge in [-0.2, -0.15) is 0 Å². The van der Waals surface area contributed by atoms with Gasteiger partial charge in [0.05, 0.1) is 26.2 Å². The number of hydrogen-bond donors (Lipinski definition) is 1. The first-order valence-electron chi connectivity index (χ1n) is 8.62. The topological polar surface area (TPSA) is 20.6 Å². The van der Waals surface area contributed by atoms with E-state index in [4.69, 9.17) is 4.98 Å². The first-order valence-corrected chi connectivity index (χ1v) is 9.50. The molecule has 1 aliphatic heterocycles. The third-order valence-electron chi connectivity index (χ3n) is 4.67. The van der Waals surface area contributed by atoms with Crippen LogP contribution >= 0.6 is 11.3 Å². The molecule has 128 valence electrons. The van der Waals surface area contributed by atoms with Gasteiger partial charge in [-0.3, -0.25) is 0 Å². The van der Waals surface area contributed by atoms with Gasteiger partial charge in [0, 0.05) is 16.6 Å². The lowest BCUT2D eigenvalue weighted by Gasteiger charge is -2.33. The molecule has 0 atom stereocenters. The quantitative estimate of drug-likeness (QED) is 0.778. The van der Waals surface area contributed by atoms with Crippen LogP contribution in [0.4, 0.5) is 10.1 Å². The van der Waals surface area contributed by atoms with Crippen molar-refractivity contribution in [3.8, 4) is 10.6 Å². The van der Waals surface area contributed by atoms with Crippen molar-refractivity contribution in [2.45, 2.75) is 6.54 Å². The summed E-state index contributed by atoms with van der Waals surface area (Å²) >= 11 is 1.72. The molecule has 1 N–H and O–H groups in total. The zero-order valence-electron chi connectivity index (χ0n) is 14.0. The molecule has 2 heterocycles. The van der Waals surface area contributed by atoms with Gasteiger partial charge in [0.25, 0.3) is 0 Å². The number of thiazole rings is 1. The lowest BCUT2D eigenvalue weighted by molar-refractivity contribution is -0.914. The van der Waals surface area contributed by atoms with E-state index in [2.05, 4.69) is 34.5 Å². The van der Waals surface area contributed by atoms with Crippen LogP contribution in [-0.2, 0) is 6.54 Å². The molecule has 3 aromatic rings. The Kier molecular flexibility index (Phi) is 4.76. The third-order valence-corrected chi connectivity index (χ3v) is 5.61. The van der Waals surface area contributed by atoms with Crippen LogP contribution in [0.15, 0.2) is 60.0 Å². The Balaban J connectivity index is 1.34. The lowest BCUT2D eigenvalue weighted by Crippen LogP contribution is -3.13. The van der Waals surface area contributed by atoms with Gasteiger partial charge >= 0.3 is 0 Å². The van der Waals surface area contributed by atoms with Crippen molar-refractivity contribution in [2.75, 3.05) is 31.1 Å². The van der Waals surface area contributed by atoms with Gasteiger partial charge < -0.3 is 9.80 Å². The second kappa shape index (κ2) is 7.33. The zero-order valence-corrected chi connectivity index (χ0v) is 14.8. The van der Waals surface area contributed by atoms with Crippen LogP contribution in [-0.4, -0.2) is 31.2 Å². The second-order valence-corrected chi connectivity index (χ2v) is 7.26. The summed E-state index contributed by atoms with van der Waals surface area (Å²) in [4.78, 5) is 8.70. The minimum absolute atomic E-state index is 0.175. The average Bonchev–Trinajstić information content (AvgIpc) is 3.12. The van der Waals surface area contributed by atoms with Crippen molar-refractivity contribution < 1.29 is 9.29 Å². The van der Waals surface area contributed by atoms with Crippen LogP contribution in [0.5, 0.6) is 0 Å². The molecular weight excluding hydrogens is 333 g/mol. The maximum Gasteiger partial charge on any atom is 0.123 e. The molecule has 0 amide bonds. The molecule has 0 radical (unpaired) electrons. The van der Waals surface area contributed by atoms with Gasteiger partial charge in [0.15, 0.2) is 0 Å². The molecule has 1 aromatic heterocycles. The number of benzene rings is 2. The summed E-state index contributed by atoms with van der Waals surface area (Å²) in [6, 6.07) is 17.2. The molecule has 0 bridgehead atoms. The van der Waals surface area contributed by atoms with Gasteiger partial charge in [-0.25, -0.2) is 9.37 Å². The van der Waals surface area contributed by atoms with Crippen molar-refractivity contribution in [3.63, 3.8) is 0 Å². The minimum atomic E-state index is -0.175. The van der Waals surface area contributed by atoms with Crippen molar-refractivity contribution in [3.05, 3.63) is 71.5 Å². The molecule has 1 saturated heterocycles. The standard InChI is InChI=1S/C20H20FN3S/c21-17-6-8-19(9-7-17)24-12-10-23(11-13-24)14-18-15-25-20(22-18)16-4-2-1-3-5-16/h1-9,15H,10-14H2/p+1. The number of nitrogens with zero attached hydrogens (tertiary/aromatic N) is 2. The van der Waals surface area contributed by atoms with Gasteiger partial charge in [-0.15, -0.1) is 11.3 Å². The molecule has 1 fully saturated rings. The number of anilines is 1. The highest BCUT2D eigenvalue weighted by Crippen LogP contribution is 2.23. The van der Waals surface area contributed by atoms with Crippen LogP contribution in [0.1, 0.15) is 5.69 Å². The van der Waals surface area contributed by atoms with E-state index >= 15 is 0 Å². The van der Waals surface area contributed by atoms with Crippen molar-refractivity contribution in [2.24, 2.45) is 0 Å². The van der Waals surface area contributed by atoms with Crippen LogP contribution < -0.4 is 9.80 Å². The van der Waals surface area contributed by atoms with E-state index in [9.17, 15) is 4.39 Å². The maximum absolute atomic E-state index is 13.1. The Hall–Kier alpha value is -2.24. The zero-order chi connectivity index (χ0) is 17.1. The predicted molar refractivity (Wildman–Crippen MR) is 101 cm³/mol. The first-order chi connectivity index (χ1) is 12.3. The first kappa shape index (κ1) is 16.2. The highest BCUT2D eigenvalue weighted by molar-refractivity contribution is 7.13. The van der Waals surface area contributed by atoms with Gasteiger partial charge in [-0.1, -0.05) is 30.3 Å². The molecule has 1 aliphatic rings. The van der Waals surface area contributed by atoms with Gasteiger partial charge in [0.1, 0.15) is 23.1 Å². The van der Waals surface area contributed by atoms with Crippen molar-refractivity contribution in [1.82, 2.24) is 4.98 Å². The van der Waals surface area contributed by atoms with Crippen LogP contribution in [0.2, 0.25) is 0 Å². The Bertz CT molecular complexity index is 808. The largest absolute Gasteiger partial charge is 0.360 e. The molecule has 3 nitrogen and oxygen atoms in total. The van der Waals surface area contributed by atoms with Crippen molar-refractivity contribution >= 4 is 17.0 Å². The Morgan fingerprint density at radius 1 is 1.00 bits per heavy atom. The smallest absolute Gasteiger partial charge is 0.123 e. The molecule has 0 spiro atoms. The molecule has 4 rings (SSSR count). The lowest BCUT2D eigenvalue weighted by atomic mass is 10.2. The molecule has 2 aromatic carbocycles. The number of rotatable bonds is 4. The summed E-state index contributed by atoms with van der Waals surface area (Å²) in [6.07, 6.45) is 0. The van der Waals surface area contributed by atoms with Crippen LogP contribution in [0.25, 0.3) is 10.6 Å². The average molecular weight is 354 g/mol. The van der Waals surface area contributed by atoms with E-state index in [1.807, 2.05) is 18.2 Å². The predicted octanol–water partition coefficient (Wildman–Crippen LogP) is 2.85. The number of nitrogens with one attached hydrogen (secondary N) is 1. The SMILES string of the molecule is Fc1ccc(N2CC[NH+](Cc3csc(-c4ccccc4)n3)CC2)cc1. The number of halogens is 1. The summed E-state index contributed by atoms with van der Waals surface area (Å²) in [5.74, 6) is -0.175. The highest BCUT2D eigenvalue weighted by atomic mass is 32.1. The highest BCUT2D eigenvalue weighted by Gasteiger charge is 2.21. The van der Waals surface area contributed by atoms with E-state index in [0.717, 1.165) is 43.4 Å². The second-order valence-electron chi connectivity index (χ2n) is 6.40. The summed E-state index contributed by atoms with van der Waals surface area (Å²) in [6.45, 7) is 5.12. The number of aromatic nitrogens is 1. The normalized spacial score (nSPS) is 15.5. The van der Waals surface area contributed by atoms with E-state index < -0.39 is 0 Å². The molecule has 0 unspecified atom stereocenters. The van der Waals surface area contributed by atoms with Gasteiger partial charge in [0.2, 0.25) is 0 Å². The van der Waals surface area contributed by atoms with Crippen LogP contribution in [0, 0.1) is 5.82 Å². The molecule has 0 saturated carbocycles. The maximum atomic E-state index is 13.1.